The van der Waals surface area contributed by atoms with Crippen LogP contribution < -0.4 is 10.5 Å². The third kappa shape index (κ3) is 1.11. The van der Waals surface area contributed by atoms with Gasteiger partial charge in [-0.25, -0.2) is 0 Å². The fourth-order valence-electron chi connectivity index (χ4n) is 1.42. The van der Waals surface area contributed by atoms with E-state index in [0.717, 1.165) is 14.9 Å². The van der Waals surface area contributed by atoms with Crippen molar-refractivity contribution in [3.05, 3.63) is 27.3 Å². The van der Waals surface area contributed by atoms with E-state index in [-0.39, 0.29) is 12.1 Å². The van der Waals surface area contributed by atoms with Crippen LogP contribution in [0.2, 0.25) is 0 Å². The molecule has 0 aliphatic carbocycles. The van der Waals surface area contributed by atoms with Crippen LogP contribution in [0.25, 0.3) is 0 Å². The van der Waals surface area contributed by atoms with E-state index in [1.165, 1.54) is 0 Å². The molecule has 2 nitrogen and oxygen atoms in total. The zero-order chi connectivity index (χ0) is 8.72. The number of para-hydroxylation sites is 1. The Morgan fingerprint density at radius 3 is 2.92 bits per heavy atom. The maximum absolute atomic E-state index is 5.93. The highest BCUT2D eigenvalue weighted by molar-refractivity contribution is 14.1. The van der Waals surface area contributed by atoms with Gasteiger partial charge in [-0.15, -0.1) is 0 Å². The third-order valence-electron chi connectivity index (χ3n) is 2.17. The van der Waals surface area contributed by atoms with Crippen molar-refractivity contribution in [3.8, 4) is 5.75 Å². The molecule has 2 rings (SSSR count). The van der Waals surface area contributed by atoms with E-state index in [4.69, 9.17) is 10.5 Å². The Kier molecular flexibility index (Phi) is 2.00. The number of nitrogens with two attached hydrogens (primary N) is 1. The highest BCUT2D eigenvalue weighted by Crippen LogP contribution is 2.38. The van der Waals surface area contributed by atoms with E-state index in [1.54, 1.807) is 0 Å². The van der Waals surface area contributed by atoms with Gasteiger partial charge in [0.15, 0.2) is 0 Å². The Balaban J connectivity index is 2.53. The topological polar surface area (TPSA) is 35.2 Å². The van der Waals surface area contributed by atoms with Crippen LogP contribution in [-0.2, 0) is 0 Å². The molecule has 0 aromatic heterocycles. The van der Waals surface area contributed by atoms with Crippen molar-refractivity contribution in [1.29, 1.82) is 0 Å². The van der Waals surface area contributed by atoms with Gasteiger partial charge in [-0.1, -0.05) is 12.1 Å². The first kappa shape index (κ1) is 8.31. The van der Waals surface area contributed by atoms with Crippen LogP contribution in [0.5, 0.6) is 5.75 Å². The van der Waals surface area contributed by atoms with Crippen molar-refractivity contribution in [2.75, 3.05) is 0 Å². The molecule has 3 heteroatoms. The normalized spacial score (nSPS) is 26.6. The smallest absolute Gasteiger partial charge is 0.138 e. The van der Waals surface area contributed by atoms with Crippen LogP contribution in [0, 0.1) is 3.57 Å². The van der Waals surface area contributed by atoms with Gasteiger partial charge >= 0.3 is 0 Å². The molecule has 12 heavy (non-hydrogen) atoms. The first-order valence-electron chi connectivity index (χ1n) is 3.91. The summed E-state index contributed by atoms with van der Waals surface area (Å²) in [6.07, 6.45) is 0.107. The number of fused-ring (bicyclic) bond motifs is 1. The molecule has 1 aliphatic rings. The van der Waals surface area contributed by atoms with E-state index < -0.39 is 0 Å². The minimum Gasteiger partial charge on any atom is -0.487 e. The molecule has 1 aliphatic heterocycles. The molecular weight excluding hydrogens is 265 g/mol. The summed E-state index contributed by atoms with van der Waals surface area (Å²) in [4.78, 5) is 0. The summed E-state index contributed by atoms with van der Waals surface area (Å²) in [6.45, 7) is 2.00. The lowest BCUT2D eigenvalue weighted by Crippen LogP contribution is -2.21. The summed E-state index contributed by atoms with van der Waals surface area (Å²) in [5, 5.41) is 0. The first-order chi connectivity index (χ1) is 5.70. The second kappa shape index (κ2) is 2.88. The number of halogens is 1. The Morgan fingerprint density at radius 1 is 1.50 bits per heavy atom. The van der Waals surface area contributed by atoms with Gasteiger partial charge in [0.2, 0.25) is 0 Å². The second-order valence-electron chi connectivity index (χ2n) is 3.01. The van der Waals surface area contributed by atoms with Gasteiger partial charge in [0.1, 0.15) is 11.9 Å². The maximum atomic E-state index is 5.93. The van der Waals surface area contributed by atoms with Crippen LogP contribution in [0.1, 0.15) is 18.5 Å². The van der Waals surface area contributed by atoms with E-state index >= 15 is 0 Å². The SMILES string of the molecule is CC1Oc2c(I)cccc2C1N. The molecule has 1 aromatic rings. The summed E-state index contributed by atoms with van der Waals surface area (Å²) >= 11 is 2.27. The summed E-state index contributed by atoms with van der Waals surface area (Å²) in [6, 6.07) is 6.12. The summed E-state index contributed by atoms with van der Waals surface area (Å²) in [7, 11) is 0. The van der Waals surface area contributed by atoms with E-state index in [2.05, 4.69) is 22.6 Å². The van der Waals surface area contributed by atoms with Crippen LogP contribution in [0.15, 0.2) is 18.2 Å². The quantitative estimate of drug-likeness (QED) is 0.736. The molecule has 0 radical (unpaired) electrons. The zero-order valence-electron chi connectivity index (χ0n) is 6.75. The van der Waals surface area contributed by atoms with E-state index in [9.17, 15) is 0 Å². The van der Waals surface area contributed by atoms with Crippen LogP contribution in [0.4, 0.5) is 0 Å². The minimum atomic E-state index is 0.0368. The molecule has 2 unspecified atom stereocenters. The molecule has 2 atom stereocenters. The van der Waals surface area contributed by atoms with Crippen LogP contribution in [0.3, 0.4) is 0 Å². The van der Waals surface area contributed by atoms with E-state index in [1.807, 2.05) is 25.1 Å². The molecule has 0 spiro atoms. The van der Waals surface area contributed by atoms with Crippen molar-refractivity contribution in [2.24, 2.45) is 5.73 Å². The molecule has 1 aromatic carbocycles. The lowest BCUT2D eigenvalue weighted by atomic mass is 10.1. The van der Waals surface area contributed by atoms with Gasteiger partial charge in [-0.2, -0.15) is 0 Å². The van der Waals surface area contributed by atoms with Gasteiger partial charge in [-0.3, -0.25) is 0 Å². The lowest BCUT2D eigenvalue weighted by Gasteiger charge is -2.07. The average Bonchev–Trinajstić information content (AvgIpc) is 2.32. The summed E-state index contributed by atoms with van der Waals surface area (Å²) < 4.78 is 6.76. The predicted octanol–water partition coefficient (Wildman–Crippen LogP) is 2.07. The molecule has 0 fully saturated rings. The van der Waals surface area contributed by atoms with E-state index in [0.29, 0.717) is 0 Å². The van der Waals surface area contributed by atoms with Gasteiger partial charge in [0.25, 0.3) is 0 Å². The molecule has 2 N–H and O–H groups in total. The molecule has 64 valence electrons. The monoisotopic (exact) mass is 275 g/mol. The number of benzene rings is 1. The Labute approximate surface area is 85.2 Å². The highest BCUT2D eigenvalue weighted by Gasteiger charge is 2.28. The predicted molar refractivity (Wildman–Crippen MR) is 56.2 cm³/mol. The van der Waals surface area contributed by atoms with Crippen molar-refractivity contribution < 1.29 is 4.74 Å². The van der Waals surface area contributed by atoms with Crippen LogP contribution >= 0.6 is 22.6 Å². The standard InChI is InChI=1S/C9H10INO/c1-5-8(11)6-3-2-4-7(10)9(6)12-5/h2-5,8H,11H2,1H3. The van der Waals surface area contributed by atoms with Gasteiger partial charge in [0.05, 0.1) is 9.61 Å². The third-order valence-corrected chi connectivity index (χ3v) is 3.02. The van der Waals surface area contributed by atoms with Gasteiger partial charge < -0.3 is 10.5 Å². The van der Waals surface area contributed by atoms with Crippen molar-refractivity contribution in [2.45, 2.75) is 19.1 Å². The van der Waals surface area contributed by atoms with Crippen molar-refractivity contribution >= 4 is 22.6 Å². The maximum Gasteiger partial charge on any atom is 0.138 e. The number of hydrogen-bond acceptors (Lipinski definition) is 2. The summed E-state index contributed by atoms with van der Waals surface area (Å²) in [5.74, 6) is 0.970. The fourth-order valence-corrected chi connectivity index (χ4v) is 2.07. The zero-order valence-corrected chi connectivity index (χ0v) is 8.91. The number of ether oxygens (including phenoxy) is 1. The van der Waals surface area contributed by atoms with Crippen molar-refractivity contribution in [1.82, 2.24) is 0 Å². The largest absolute Gasteiger partial charge is 0.487 e. The average molecular weight is 275 g/mol. The second-order valence-corrected chi connectivity index (χ2v) is 4.17. The number of hydrogen-bond donors (Lipinski definition) is 1. The number of rotatable bonds is 0. The van der Waals surface area contributed by atoms with Gasteiger partial charge in [-0.05, 0) is 35.6 Å². The molecule has 0 saturated heterocycles. The summed E-state index contributed by atoms with van der Waals surface area (Å²) in [5.41, 5.74) is 7.06. The molecule has 0 bridgehead atoms. The first-order valence-corrected chi connectivity index (χ1v) is 4.98. The molecular formula is C9H10INO. The fraction of sp³-hybridized carbons (Fsp3) is 0.333. The Bertz CT molecular complexity index is 313. The molecule has 0 saturated carbocycles. The Hall–Kier alpha value is -0.290. The minimum absolute atomic E-state index is 0.0368. The van der Waals surface area contributed by atoms with Gasteiger partial charge in [0, 0.05) is 5.56 Å². The highest BCUT2D eigenvalue weighted by atomic mass is 127. The molecule has 1 heterocycles. The Morgan fingerprint density at radius 2 is 2.25 bits per heavy atom. The lowest BCUT2D eigenvalue weighted by molar-refractivity contribution is 0.227. The molecule has 0 amide bonds. The van der Waals surface area contributed by atoms with Crippen LogP contribution in [-0.4, -0.2) is 6.10 Å². The van der Waals surface area contributed by atoms with Crippen molar-refractivity contribution in [3.63, 3.8) is 0 Å².